The van der Waals surface area contributed by atoms with Crippen molar-refractivity contribution in [2.45, 2.75) is 6.18 Å². The van der Waals surface area contributed by atoms with Crippen molar-refractivity contribution in [2.24, 2.45) is 0 Å². The molecule has 15 heavy (non-hydrogen) atoms. The minimum atomic E-state index is -4.47. The van der Waals surface area contributed by atoms with E-state index >= 15 is 0 Å². The lowest BCUT2D eigenvalue weighted by Crippen LogP contribution is -2.19. The molecule has 0 unspecified atom stereocenters. The van der Waals surface area contributed by atoms with E-state index in [1.54, 1.807) is 0 Å². The van der Waals surface area contributed by atoms with Crippen molar-refractivity contribution < 1.29 is 18.0 Å². The van der Waals surface area contributed by atoms with E-state index in [2.05, 4.69) is 21.2 Å². The maximum Gasteiger partial charge on any atom is 0.417 e. The van der Waals surface area contributed by atoms with Gasteiger partial charge in [-0.3, -0.25) is 4.79 Å². The van der Waals surface area contributed by atoms with Gasteiger partial charge in [-0.15, -0.1) is 0 Å². The molecule has 0 spiro atoms. The Balaban J connectivity index is 3.30. The molecule has 0 aliphatic carbocycles. The summed E-state index contributed by atoms with van der Waals surface area (Å²) in [7, 11) is 1.36. The topological polar surface area (TPSA) is 29.1 Å². The molecule has 1 aromatic carbocycles. The largest absolute Gasteiger partial charge is 0.417 e. The molecule has 1 N–H and O–H groups in total. The Morgan fingerprint density at radius 1 is 1.40 bits per heavy atom. The summed E-state index contributed by atoms with van der Waals surface area (Å²) in [5, 5.41) is 2.26. The summed E-state index contributed by atoms with van der Waals surface area (Å²) in [6.45, 7) is 0. The lowest BCUT2D eigenvalue weighted by atomic mass is 10.1. The maximum atomic E-state index is 12.4. The summed E-state index contributed by atoms with van der Waals surface area (Å²) in [6, 6.07) is 3.42. The second kappa shape index (κ2) is 4.22. The lowest BCUT2D eigenvalue weighted by molar-refractivity contribution is -0.138. The highest BCUT2D eigenvalue weighted by Crippen LogP contribution is 2.36. The van der Waals surface area contributed by atoms with Crippen molar-refractivity contribution in [1.82, 2.24) is 5.32 Å². The first kappa shape index (κ1) is 12.0. The predicted molar refractivity (Wildman–Crippen MR) is 52.5 cm³/mol. The second-order valence-corrected chi connectivity index (χ2v) is 3.54. The van der Waals surface area contributed by atoms with E-state index in [0.717, 1.165) is 6.07 Å². The Labute approximate surface area is 92.6 Å². The van der Waals surface area contributed by atoms with Gasteiger partial charge in [0.25, 0.3) is 5.91 Å². The third-order valence-electron chi connectivity index (χ3n) is 1.78. The third kappa shape index (κ3) is 2.50. The molecule has 0 saturated heterocycles. The van der Waals surface area contributed by atoms with Crippen LogP contribution in [0.4, 0.5) is 13.2 Å². The number of benzene rings is 1. The minimum Gasteiger partial charge on any atom is -0.355 e. The van der Waals surface area contributed by atoms with Crippen LogP contribution < -0.4 is 5.32 Å². The van der Waals surface area contributed by atoms with Crippen molar-refractivity contribution in [2.75, 3.05) is 7.05 Å². The molecule has 0 saturated carbocycles. The molecule has 0 aliphatic rings. The molecule has 0 fully saturated rings. The van der Waals surface area contributed by atoms with E-state index in [9.17, 15) is 18.0 Å². The van der Waals surface area contributed by atoms with E-state index in [1.807, 2.05) is 0 Å². The van der Waals surface area contributed by atoms with E-state index in [1.165, 1.54) is 19.2 Å². The molecule has 0 atom stereocenters. The summed E-state index contributed by atoms with van der Waals surface area (Å²) in [5.74, 6) is -0.562. The molecule has 6 heteroatoms. The monoisotopic (exact) mass is 281 g/mol. The van der Waals surface area contributed by atoms with Gasteiger partial charge in [-0.25, -0.2) is 0 Å². The molecule has 0 radical (unpaired) electrons. The van der Waals surface area contributed by atoms with Gasteiger partial charge in [-0.1, -0.05) is 6.07 Å². The van der Waals surface area contributed by atoms with Gasteiger partial charge in [0.15, 0.2) is 0 Å². The van der Waals surface area contributed by atoms with Crippen LogP contribution in [0.3, 0.4) is 0 Å². The van der Waals surface area contributed by atoms with Gasteiger partial charge in [0.1, 0.15) is 0 Å². The molecule has 1 amide bonds. The van der Waals surface area contributed by atoms with Gasteiger partial charge in [-0.2, -0.15) is 13.2 Å². The number of nitrogens with one attached hydrogen (secondary N) is 1. The van der Waals surface area contributed by atoms with Gasteiger partial charge >= 0.3 is 6.18 Å². The van der Waals surface area contributed by atoms with Gasteiger partial charge in [0.05, 0.1) is 11.1 Å². The number of hydrogen-bond donors (Lipinski definition) is 1. The smallest absolute Gasteiger partial charge is 0.355 e. The van der Waals surface area contributed by atoms with E-state index in [-0.39, 0.29) is 10.0 Å². The Kier molecular flexibility index (Phi) is 3.38. The maximum absolute atomic E-state index is 12.4. The number of rotatable bonds is 1. The van der Waals surface area contributed by atoms with Crippen LogP contribution in [0.5, 0.6) is 0 Å². The molecular weight excluding hydrogens is 275 g/mol. The number of amides is 1. The predicted octanol–water partition coefficient (Wildman–Crippen LogP) is 2.83. The SMILES string of the molecule is CNC(=O)c1cccc(C(F)(F)F)c1Br. The van der Waals surface area contributed by atoms with E-state index in [0.29, 0.717) is 0 Å². The van der Waals surface area contributed by atoms with Gasteiger partial charge in [-0.05, 0) is 28.1 Å². The summed E-state index contributed by atoms with van der Waals surface area (Å²) in [6.07, 6.45) is -4.47. The fourth-order valence-electron chi connectivity index (χ4n) is 1.06. The molecule has 1 rings (SSSR count). The zero-order valence-electron chi connectivity index (χ0n) is 7.65. The average Bonchev–Trinajstić information content (AvgIpc) is 2.15. The zero-order valence-corrected chi connectivity index (χ0v) is 9.24. The van der Waals surface area contributed by atoms with Crippen LogP contribution in [0.1, 0.15) is 15.9 Å². The first-order chi connectivity index (χ1) is 6.88. The van der Waals surface area contributed by atoms with Gasteiger partial charge in [0, 0.05) is 11.5 Å². The Morgan fingerprint density at radius 3 is 2.47 bits per heavy atom. The molecule has 0 aliphatic heterocycles. The van der Waals surface area contributed by atoms with Crippen LogP contribution >= 0.6 is 15.9 Å². The van der Waals surface area contributed by atoms with Crippen molar-refractivity contribution in [3.05, 3.63) is 33.8 Å². The molecule has 1 aromatic rings. The highest BCUT2D eigenvalue weighted by Gasteiger charge is 2.34. The number of halogens is 4. The Hall–Kier alpha value is -1.04. The molecule has 82 valence electrons. The standard InChI is InChI=1S/C9H7BrF3NO/c1-14-8(15)5-3-2-4-6(7(5)10)9(11,12)13/h2-4H,1H3,(H,14,15). The summed E-state index contributed by atoms with van der Waals surface area (Å²) in [4.78, 5) is 11.2. The summed E-state index contributed by atoms with van der Waals surface area (Å²) >= 11 is 2.78. The average molecular weight is 282 g/mol. The summed E-state index contributed by atoms with van der Waals surface area (Å²) < 4.78 is 37.1. The van der Waals surface area contributed by atoms with Crippen LogP contribution in [0.2, 0.25) is 0 Å². The fraction of sp³-hybridized carbons (Fsp3) is 0.222. The molecule has 0 bridgehead atoms. The molecule has 2 nitrogen and oxygen atoms in total. The van der Waals surface area contributed by atoms with Gasteiger partial charge < -0.3 is 5.32 Å². The van der Waals surface area contributed by atoms with Crippen molar-refractivity contribution in [3.8, 4) is 0 Å². The van der Waals surface area contributed by atoms with E-state index < -0.39 is 17.6 Å². The van der Waals surface area contributed by atoms with E-state index in [4.69, 9.17) is 0 Å². The lowest BCUT2D eigenvalue weighted by Gasteiger charge is -2.11. The highest BCUT2D eigenvalue weighted by atomic mass is 79.9. The van der Waals surface area contributed by atoms with Crippen LogP contribution in [0, 0.1) is 0 Å². The van der Waals surface area contributed by atoms with Crippen LogP contribution in [-0.4, -0.2) is 13.0 Å². The van der Waals surface area contributed by atoms with Crippen LogP contribution in [-0.2, 0) is 6.18 Å². The highest BCUT2D eigenvalue weighted by molar-refractivity contribution is 9.10. The van der Waals surface area contributed by atoms with Crippen molar-refractivity contribution >= 4 is 21.8 Å². The number of carbonyl (C=O) groups is 1. The van der Waals surface area contributed by atoms with Crippen molar-refractivity contribution in [1.29, 1.82) is 0 Å². The fourth-order valence-corrected chi connectivity index (χ4v) is 1.73. The number of hydrogen-bond acceptors (Lipinski definition) is 1. The van der Waals surface area contributed by atoms with Gasteiger partial charge in [0.2, 0.25) is 0 Å². The second-order valence-electron chi connectivity index (χ2n) is 2.74. The molecule has 0 aromatic heterocycles. The third-order valence-corrected chi connectivity index (χ3v) is 2.63. The summed E-state index contributed by atoms with van der Waals surface area (Å²) in [5.41, 5.74) is -0.893. The zero-order chi connectivity index (χ0) is 11.6. The molecule has 0 heterocycles. The minimum absolute atomic E-state index is 0.0349. The normalized spacial score (nSPS) is 11.3. The number of carbonyl (C=O) groups excluding carboxylic acids is 1. The quantitative estimate of drug-likeness (QED) is 0.843. The number of alkyl halides is 3. The first-order valence-electron chi connectivity index (χ1n) is 3.95. The van der Waals surface area contributed by atoms with Crippen LogP contribution in [0.25, 0.3) is 0 Å². The molecular formula is C9H7BrF3NO. The Morgan fingerprint density at radius 2 is 2.00 bits per heavy atom. The van der Waals surface area contributed by atoms with Crippen LogP contribution in [0.15, 0.2) is 22.7 Å². The Bertz CT molecular complexity index is 389. The van der Waals surface area contributed by atoms with Crippen molar-refractivity contribution in [3.63, 3.8) is 0 Å². The first-order valence-corrected chi connectivity index (χ1v) is 4.75.